The molecule has 100 valence electrons. The van der Waals surface area contributed by atoms with Gasteiger partial charge in [0, 0.05) is 13.2 Å². The van der Waals surface area contributed by atoms with Gasteiger partial charge >= 0.3 is 0 Å². The molecule has 0 spiro atoms. The summed E-state index contributed by atoms with van der Waals surface area (Å²) >= 11 is 0. The van der Waals surface area contributed by atoms with Crippen molar-refractivity contribution in [3.8, 4) is 0 Å². The first-order valence-corrected chi connectivity index (χ1v) is 6.85. The highest BCUT2D eigenvalue weighted by Crippen LogP contribution is 2.19. The quantitative estimate of drug-likeness (QED) is 0.611. The van der Waals surface area contributed by atoms with Gasteiger partial charge in [-0.2, -0.15) is 0 Å². The van der Waals surface area contributed by atoms with E-state index in [1.54, 1.807) is 6.26 Å². The van der Waals surface area contributed by atoms with Gasteiger partial charge in [-0.05, 0) is 25.8 Å². The zero-order chi connectivity index (χ0) is 12.5. The Morgan fingerprint density at radius 3 is 2.35 bits per heavy atom. The molecule has 1 aliphatic rings. The molecule has 1 rings (SSSR count). The van der Waals surface area contributed by atoms with Crippen LogP contribution in [0.2, 0.25) is 0 Å². The van der Waals surface area contributed by atoms with E-state index in [9.17, 15) is 0 Å². The van der Waals surface area contributed by atoms with Crippen LogP contribution < -0.4 is 0 Å². The lowest BCUT2D eigenvalue weighted by atomic mass is 10.1. The fraction of sp³-hybridized carbons (Fsp3) is 0.857. The Bertz CT molecular complexity index is 216. The number of rotatable bonds is 8. The summed E-state index contributed by atoms with van der Waals surface area (Å²) in [5, 5.41) is 0. The molecule has 0 aromatic heterocycles. The summed E-state index contributed by atoms with van der Waals surface area (Å²) < 4.78 is 17.2. The molecule has 0 fully saturated rings. The summed E-state index contributed by atoms with van der Waals surface area (Å²) in [6.45, 7) is 7.96. The first-order valence-electron chi connectivity index (χ1n) is 6.85. The van der Waals surface area contributed by atoms with Gasteiger partial charge in [-0.3, -0.25) is 0 Å². The Hall–Kier alpha value is -0.540. The maximum atomic E-state index is 5.88. The predicted molar refractivity (Wildman–Crippen MR) is 69.0 cm³/mol. The van der Waals surface area contributed by atoms with Gasteiger partial charge in [-0.25, -0.2) is 0 Å². The third-order valence-corrected chi connectivity index (χ3v) is 2.96. The van der Waals surface area contributed by atoms with Crippen LogP contribution in [-0.2, 0) is 14.2 Å². The van der Waals surface area contributed by atoms with Crippen LogP contribution in [-0.4, -0.2) is 31.5 Å². The summed E-state index contributed by atoms with van der Waals surface area (Å²) in [6, 6.07) is 0. The summed E-state index contributed by atoms with van der Waals surface area (Å²) in [6.07, 6.45) is 8.35. The molecule has 3 heteroatoms. The number of hydrogen-bond acceptors (Lipinski definition) is 3. The van der Waals surface area contributed by atoms with Gasteiger partial charge in [0.15, 0.2) is 0 Å². The molecule has 1 aliphatic heterocycles. The van der Waals surface area contributed by atoms with Crippen LogP contribution in [0.5, 0.6) is 0 Å². The fourth-order valence-corrected chi connectivity index (χ4v) is 1.81. The number of unbranched alkanes of at least 4 members (excludes halogenated alkanes) is 2. The van der Waals surface area contributed by atoms with Crippen molar-refractivity contribution in [2.75, 3.05) is 13.2 Å². The van der Waals surface area contributed by atoms with E-state index in [1.165, 1.54) is 0 Å². The Morgan fingerprint density at radius 2 is 1.71 bits per heavy atom. The smallest absolute Gasteiger partial charge is 0.124 e. The first-order chi connectivity index (χ1) is 8.29. The molecule has 0 amide bonds. The SMILES string of the molecule is CCCCOC1C=COC(C)[C@H]1OCCCC. The zero-order valence-electron chi connectivity index (χ0n) is 11.4. The Labute approximate surface area is 105 Å². The Balaban J connectivity index is 2.39. The van der Waals surface area contributed by atoms with Crippen LogP contribution in [0.1, 0.15) is 46.5 Å². The summed E-state index contributed by atoms with van der Waals surface area (Å²) in [4.78, 5) is 0. The molecule has 1 heterocycles. The molecule has 0 aromatic carbocycles. The van der Waals surface area contributed by atoms with Crippen LogP contribution in [0.4, 0.5) is 0 Å². The van der Waals surface area contributed by atoms with Crippen LogP contribution in [0.15, 0.2) is 12.3 Å². The summed E-state index contributed by atoms with van der Waals surface area (Å²) in [5.74, 6) is 0. The van der Waals surface area contributed by atoms with Gasteiger partial charge in [-0.15, -0.1) is 0 Å². The molecule has 2 unspecified atom stereocenters. The van der Waals surface area contributed by atoms with E-state index in [2.05, 4.69) is 13.8 Å². The minimum Gasteiger partial charge on any atom is -0.496 e. The predicted octanol–water partition coefficient (Wildman–Crippen LogP) is 3.29. The standard InChI is InChI=1S/C14H26O3/c1-4-6-9-16-13-8-11-15-12(3)14(13)17-10-7-5-2/h8,11-14H,4-7,9-10H2,1-3H3/t12?,13?,14-/m1/s1. The second-order valence-electron chi connectivity index (χ2n) is 4.55. The third-order valence-electron chi connectivity index (χ3n) is 2.96. The highest BCUT2D eigenvalue weighted by Gasteiger charge is 2.30. The average molecular weight is 242 g/mol. The van der Waals surface area contributed by atoms with E-state index in [1.807, 2.05) is 13.0 Å². The normalized spacial score (nSPS) is 28.1. The monoisotopic (exact) mass is 242 g/mol. The van der Waals surface area contributed by atoms with Crippen LogP contribution in [0.25, 0.3) is 0 Å². The minimum atomic E-state index is 0.0309. The van der Waals surface area contributed by atoms with Crippen LogP contribution in [0, 0.1) is 0 Å². The Morgan fingerprint density at radius 1 is 1.06 bits per heavy atom. The second kappa shape index (κ2) is 8.54. The van der Waals surface area contributed by atoms with Crippen molar-refractivity contribution in [2.45, 2.75) is 64.8 Å². The topological polar surface area (TPSA) is 27.7 Å². The molecule has 0 N–H and O–H groups in total. The summed E-state index contributed by atoms with van der Waals surface area (Å²) in [5.41, 5.74) is 0. The van der Waals surface area contributed by atoms with E-state index in [0.717, 1.165) is 38.9 Å². The van der Waals surface area contributed by atoms with Crippen molar-refractivity contribution in [3.05, 3.63) is 12.3 Å². The van der Waals surface area contributed by atoms with Crippen LogP contribution >= 0.6 is 0 Å². The molecule has 0 aliphatic carbocycles. The fourth-order valence-electron chi connectivity index (χ4n) is 1.81. The molecule has 3 atom stereocenters. The lowest BCUT2D eigenvalue weighted by Crippen LogP contribution is -2.42. The van der Waals surface area contributed by atoms with Crippen molar-refractivity contribution in [2.24, 2.45) is 0 Å². The van der Waals surface area contributed by atoms with Crippen molar-refractivity contribution in [1.29, 1.82) is 0 Å². The molecule has 0 bridgehead atoms. The van der Waals surface area contributed by atoms with Gasteiger partial charge < -0.3 is 14.2 Å². The van der Waals surface area contributed by atoms with Gasteiger partial charge in [0.05, 0.1) is 6.26 Å². The van der Waals surface area contributed by atoms with E-state index in [0.29, 0.717) is 0 Å². The van der Waals surface area contributed by atoms with Crippen molar-refractivity contribution < 1.29 is 14.2 Å². The van der Waals surface area contributed by atoms with Gasteiger partial charge in [-0.1, -0.05) is 26.7 Å². The Kier molecular flexibility index (Phi) is 7.29. The molecule has 3 nitrogen and oxygen atoms in total. The maximum Gasteiger partial charge on any atom is 0.124 e. The van der Waals surface area contributed by atoms with Crippen molar-refractivity contribution in [3.63, 3.8) is 0 Å². The van der Waals surface area contributed by atoms with E-state index in [4.69, 9.17) is 14.2 Å². The molecular weight excluding hydrogens is 216 g/mol. The lowest BCUT2D eigenvalue weighted by molar-refractivity contribution is -0.116. The average Bonchev–Trinajstić information content (AvgIpc) is 2.33. The summed E-state index contributed by atoms with van der Waals surface area (Å²) in [7, 11) is 0. The minimum absolute atomic E-state index is 0.0309. The van der Waals surface area contributed by atoms with E-state index in [-0.39, 0.29) is 18.3 Å². The largest absolute Gasteiger partial charge is 0.496 e. The zero-order valence-corrected chi connectivity index (χ0v) is 11.4. The van der Waals surface area contributed by atoms with Crippen molar-refractivity contribution in [1.82, 2.24) is 0 Å². The third kappa shape index (κ3) is 5.09. The molecule has 0 saturated carbocycles. The number of ether oxygens (including phenoxy) is 3. The van der Waals surface area contributed by atoms with Crippen LogP contribution in [0.3, 0.4) is 0 Å². The molecule has 0 radical (unpaired) electrons. The highest BCUT2D eigenvalue weighted by atomic mass is 16.6. The van der Waals surface area contributed by atoms with Gasteiger partial charge in [0.25, 0.3) is 0 Å². The second-order valence-corrected chi connectivity index (χ2v) is 4.55. The van der Waals surface area contributed by atoms with Gasteiger partial charge in [0.2, 0.25) is 0 Å². The molecular formula is C14H26O3. The van der Waals surface area contributed by atoms with E-state index >= 15 is 0 Å². The maximum absolute atomic E-state index is 5.88. The lowest BCUT2D eigenvalue weighted by Gasteiger charge is -2.32. The molecule has 0 saturated heterocycles. The molecule has 0 aromatic rings. The van der Waals surface area contributed by atoms with Crippen molar-refractivity contribution >= 4 is 0 Å². The highest BCUT2D eigenvalue weighted by molar-refractivity contribution is 4.97. The molecule has 17 heavy (non-hydrogen) atoms. The van der Waals surface area contributed by atoms with E-state index < -0.39 is 0 Å². The first kappa shape index (κ1) is 14.5. The van der Waals surface area contributed by atoms with Gasteiger partial charge in [0.1, 0.15) is 18.3 Å². The number of hydrogen-bond donors (Lipinski definition) is 0.